The molecule has 0 heterocycles. The molecule has 0 radical (unpaired) electrons. The molecule has 3 nitrogen and oxygen atoms in total. The number of hydrogen-bond acceptors (Lipinski definition) is 1. The summed E-state index contributed by atoms with van der Waals surface area (Å²) in [5, 5.41) is 2.71. The van der Waals surface area contributed by atoms with E-state index < -0.39 is 12.6 Å². The van der Waals surface area contributed by atoms with Crippen LogP contribution < -0.4 is 5.32 Å². The topological polar surface area (TPSA) is 32.3 Å². The summed E-state index contributed by atoms with van der Waals surface area (Å²) < 4.78 is 36.0. The van der Waals surface area contributed by atoms with Crippen LogP contribution >= 0.6 is 0 Å². The van der Waals surface area contributed by atoms with Crippen molar-refractivity contribution >= 4 is 6.03 Å². The van der Waals surface area contributed by atoms with Gasteiger partial charge < -0.3 is 10.2 Å². The SMILES string of the molecule is CCN(CCC(F)(F)F)C(=O)N[C@H]1C[C@@H]1C. The smallest absolute Gasteiger partial charge is 0.335 e. The van der Waals surface area contributed by atoms with Gasteiger partial charge in [-0.1, -0.05) is 6.92 Å². The second kappa shape index (κ2) is 4.93. The fraction of sp³-hybridized carbons (Fsp3) is 0.900. The number of halogens is 3. The molecule has 2 amide bonds. The Morgan fingerprint density at radius 1 is 1.50 bits per heavy atom. The van der Waals surface area contributed by atoms with Crippen molar-refractivity contribution < 1.29 is 18.0 Å². The molecule has 1 N–H and O–H groups in total. The summed E-state index contributed by atoms with van der Waals surface area (Å²) in [6, 6.07) is -0.242. The second-order valence-corrected chi connectivity index (χ2v) is 4.21. The van der Waals surface area contributed by atoms with Crippen LogP contribution in [0.1, 0.15) is 26.7 Å². The molecule has 1 aliphatic rings. The van der Waals surface area contributed by atoms with E-state index in [1.54, 1.807) is 6.92 Å². The molecule has 1 aliphatic carbocycles. The maximum atomic E-state index is 12.0. The third kappa shape index (κ3) is 4.28. The Balaban J connectivity index is 2.32. The lowest BCUT2D eigenvalue weighted by Crippen LogP contribution is -2.42. The van der Waals surface area contributed by atoms with Gasteiger partial charge in [0.2, 0.25) is 0 Å². The van der Waals surface area contributed by atoms with Gasteiger partial charge in [-0.25, -0.2) is 4.79 Å². The lowest BCUT2D eigenvalue weighted by atomic mass is 10.4. The molecule has 2 atom stereocenters. The van der Waals surface area contributed by atoms with E-state index in [4.69, 9.17) is 0 Å². The van der Waals surface area contributed by atoms with Crippen molar-refractivity contribution in [2.24, 2.45) is 5.92 Å². The molecule has 0 saturated heterocycles. The molecule has 0 unspecified atom stereocenters. The Labute approximate surface area is 93.0 Å². The van der Waals surface area contributed by atoms with Crippen molar-refractivity contribution in [2.75, 3.05) is 13.1 Å². The molecule has 94 valence electrons. The van der Waals surface area contributed by atoms with E-state index in [0.29, 0.717) is 12.5 Å². The maximum Gasteiger partial charge on any atom is 0.390 e. The molecule has 1 fully saturated rings. The van der Waals surface area contributed by atoms with Gasteiger partial charge in [0.05, 0.1) is 6.42 Å². The van der Waals surface area contributed by atoms with Gasteiger partial charge in [-0.15, -0.1) is 0 Å². The van der Waals surface area contributed by atoms with E-state index in [0.717, 1.165) is 6.42 Å². The average molecular weight is 238 g/mol. The van der Waals surface area contributed by atoms with E-state index in [9.17, 15) is 18.0 Å². The Kier molecular flexibility index (Phi) is 4.04. The summed E-state index contributed by atoms with van der Waals surface area (Å²) in [6.07, 6.45) is -4.24. The summed E-state index contributed by atoms with van der Waals surface area (Å²) in [5.41, 5.74) is 0. The van der Waals surface area contributed by atoms with Crippen molar-refractivity contribution in [3.05, 3.63) is 0 Å². The van der Waals surface area contributed by atoms with Gasteiger partial charge in [-0.3, -0.25) is 0 Å². The van der Waals surface area contributed by atoms with Crippen LogP contribution in [0.2, 0.25) is 0 Å². The van der Waals surface area contributed by atoms with Crippen LogP contribution in [-0.2, 0) is 0 Å². The average Bonchev–Trinajstić information content (AvgIpc) is 2.80. The number of amides is 2. The highest BCUT2D eigenvalue weighted by Gasteiger charge is 2.35. The van der Waals surface area contributed by atoms with Gasteiger partial charge in [-0.2, -0.15) is 13.2 Å². The van der Waals surface area contributed by atoms with E-state index >= 15 is 0 Å². The van der Waals surface area contributed by atoms with Crippen LogP contribution in [0, 0.1) is 5.92 Å². The monoisotopic (exact) mass is 238 g/mol. The molecule has 6 heteroatoms. The number of carbonyl (C=O) groups is 1. The van der Waals surface area contributed by atoms with Gasteiger partial charge >= 0.3 is 12.2 Å². The highest BCUT2D eigenvalue weighted by molar-refractivity contribution is 5.74. The highest BCUT2D eigenvalue weighted by Crippen LogP contribution is 2.29. The summed E-state index contributed by atoms with van der Waals surface area (Å²) in [7, 11) is 0. The van der Waals surface area contributed by atoms with E-state index in [2.05, 4.69) is 5.32 Å². The number of rotatable bonds is 4. The first-order chi connectivity index (χ1) is 7.33. The van der Waals surface area contributed by atoms with Crippen molar-refractivity contribution in [3.63, 3.8) is 0 Å². The van der Waals surface area contributed by atoms with E-state index in [1.807, 2.05) is 6.92 Å². The number of alkyl halides is 3. The Hall–Kier alpha value is -0.940. The van der Waals surface area contributed by atoms with Gasteiger partial charge in [-0.05, 0) is 19.3 Å². The van der Waals surface area contributed by atoms with Crippen LogP contribution in [-0.4, -0.2) is 36.2 Å². The van der Waals surface area contributed by atoms with Crippen LogP contribution in [0.15, 0.2) is 0 Å². The van der Waals surface area contributed by atoms with Crippen molar-refractivity contribution in [1.82, 2.24) is 10.2 Å². The Morgan fingerprint density at radius 3 is 2.44 bits per heavy atom. The van der Waals surface area contributed by atoms with Crippen LogP contribution in [0.5, 0.6) is 0 Å². The largest absolute Gasteiger partial charge is 0.390 e. The normalized spacial score (nSPS) is 24.1. The highest BCUT2D eigenvalue weighted by atomic mass is 19.4. The third-order valence-electron chi connectivity index (χ3n) is 2.75. The predicted octanol–water partition coefficient (Wildman–Crippen LogP) is 2.38. The first kappa shape index (κ1) is 13.1. The van der Waals surface area contributed by atoms with Crippen molar-refractivity contribution in [2.45, 2.75) is 38.9 Å². The van der Waals surface area contributed by atoms with Gasteiger partial charge in [0.15, 0.2) is 0 Å². The minimum atomic E-state index is -4.21. The fourth-order valence-electron chi connectivity index (χ4n) is 1.44. The molecule has 16 heavy (non-hydrogen) atoms. The lowest BCUT2D eigenvalue weighted by molar-refractivity contribution is -0.136. The maximum absolute atomic E-state index is 12.0. The predicted molar refractivity (Wildman–Crippen MR) is 54.0 cm³/mol. The minimum absolute atomic E-state index is 0.146. The first-order valence-electron chi connectivity index (χ1n) is 5.45. The summed E-state index contributed by atoms with van der Waals surface area (Å²) >= 11 is 0. The summed E-state index contributed by atoms with van der Waals surface area (Å²) in [5.74, 6) is 0.449. The molecule has 0 spiro atoms. The zero-order valence-corrected chi connectivity index (χ0v) is 9.47. The zero-order chi connectivity index (χ0) is 12.3. The molecule has 0 aromatic heterocycles. The molecule has 0 bridgehead atoms. The number of nitrogens with zero attached hydrogens (tertiary/aromatic N) is 1. The molecule has 0 aromatic carbocycles. The number of urea groups is 1. The van der Waals surface area contributed by atoms with Gasteiger partial charge in [0.1, 0.15) is 0 Å². The van der Waals surface area contributed by atoms with E-state index in [-0.39, 0.29) is 18.6 Å². The zero-order valence-electron chi connectivity index (χ0n) is 9.47. The van der Waals surface area contributed by atoms with E-state index in [1.165, 1.54) is 4.90 Å². The van der Waals surface area contributed by atoms with Crippen LogP contribution in [0.4, 0.5) is 18.0 Å². The third-order valence-corrected chi connectivity index (χ3v) is 2.75. The first-order valence-corrected chi connectivity index (χ1v) is 5.45. The standard InChI is InChI=1S/C10H17F3N2O/c1-3-15(5-4-10(11,12)13)9(16)14-8-6-7(8)2/h7-8H,3-6H2,1-2H3,(H,14,16)/t7-,8-/m0/s1. The molecule has 0 aromatic rings. The van der Waals surface area contributed by atoms with Crippen LogP contribution in [0.3, 0.4) is 0 Å². The quantitative estimate of drug-likeness (QED) is 0.801. The molecular formula is C10H17F3N2O. The van der Waals surface area contributed by atoms with Gasteiger partial charge in [0.25, 0.3) is 0 Å². The molecule has 1 rings (SSSR count). The number of nitrogens with one attached hydrogen (secondary N) is 1. The second-order valence-electron chi connectivity index (χ2n) is 4.21. The lowest BCUT2D eigenvalue weighted by Gasteiger charge is -2.22. The Morgan fingerprint density at radius 2 is 2.06 bits per heavy atom. The number of hydrogen-bond donors (Lipinski definition) is 1. The van der Waals surface area contributed by atoms with Crippen molar-refractivity contribution in [3.8, 4) is 0 Å². The molecule has 0 aliphatic heterocycles. The molecular weight excluding hydrogens is 221 g/mol. The minimum Gasteiger partial charge on any atom is -0.335 e. The Bertz CT molecular complexity index is 255. The summed E-state index contributed by atoms with van der Waals surface area (Å²) in [6.45, 7) is 3.69. The van der Waals surface area contributed by atoms with Gasteiger partial charge in [0, 0.05) is 19.1 Å². The van der Waals surface area contributed by atoms with Crippen LogP contribution in [0.25, 0.3) is 0 Å². The van der Waals surface area contributed by atoms with Crippen molar-refractivity contribution in [1.29, 1.82) is 0 Å². The number of carbonyl (C=O) groups excluding carboxylic acids is 1. The summed E-state index contributed by atoms with van der Waals surface area (Å²) in [4.78, 5) is 12.7. The fourth-order valence-corrected chi connectivity index (χ4v) is 1.44. The molecule has 1 saturated carbocycles.